The van der Waals surface area contributed by atoms with Crippen molar-refractivity contribution in [1.82, 2.24) is 4.57 Å². The van der Waals surface area contributed by atoms with Gasteiger partial charge >= 0.3 is 0 Å². The number of carbonyl (C=O) groups excluding carboxylic acids is 1. The van der Waals surface area contributed by atoms with Crippen LogP contribution in [0.4, 0.5) is 0 Å². The predicted molar refractivity (Wildman–Crippen MR) is 95.0 cm³/mol. The molecule has 4 nitrogen and oxygen atoms in total. The first kappa shape index (κ1) is 15.7. The normalized spacial score (nSPS) is 11.6. The molecule has 0 amide bonds. The minimum Gasteiger partial charge on any atom is -0.507 e. The summed E-state index contributed by atoms with van der Waals surface area (Å²) in [4.78, 5) is 23.9. The summed E-state index contributed by atoms with van der Waals surface area (Å²) in [6, 6.07) is 17.1. The maximum absolute atomic E-state index is 12.6. The van der Waals surface area contributed by atoms with Gasteiger partial charge in [0, 0.05) is 24.2 Å². The zero-order chi connectivity index (χ0) is 17.1. The topological polar surface area (TPSA) is 59.3 Å². The maximum atomic E-state index is 12.6. The molecule has 0 spiro atoms. The summed E-state index contributed by atoms with van der Waals surface area (Å²) >= 11 is 0. The van der Waals surface area contributed by atoms with E-state index in [2.05, 4.69) is 0 Å². The van der Waals surface area contributed by atoms with E-state index in [1.54, 1.807) is 18.3 Å². The van der Waals surface area contributed by atoms with Gasteiger partial charge in [-0.3, -0.25) is 9.59 Å². The van der Waals surface area contributed by atoms with Crippen molar-refractivity contribution < 1.29 is 9.90 Å². The van der Waals surface area contributed by atoms with Crippen LogP contribution >= 0.6 is 0 Å². The van der Waals surface area contributed by atoms with E-state index in [0.29, 0.717) is 11.9 Å². The van der Waals surface area contributed by atoms with E-state index in [9.17, 15) is 14.7 Å². The van der Waals surface area contributed by atoms with Gasteiger partial charge in [0.2, 0.25) is 0 Å². The van der Waals surface area contributed by atoms with Crippen molar-refractivity contribution in [3.05, 3.63) is 88.2 Å². The highest BCUT2D eigenvalue weighted by Gasteiger charge is 2.12. The van der Waals surface area contributed by atoms with Crippen LogP contribution in [0.25, 0.3) is 16.7 Å². The Morgan fingerprint density at radius 3 is 2.46 bits per heavy atom. The van der Waals surface area contributed by atoms with Gasteiger partial charge in [-0.25, -0.2) is 0 Å². The number of nitrogens with zero attached hydrogens (tertiary/aromatic N) is 1. The number of aliphatic hydroxyl groups excluding tert-OH is 1. The molecule has 0 unspecified atom stereocenters. The first-order valence-corrected chi connectivity index (χ1v) is 7.64. The predicted octanol–water partition coefficient (Wildman–Crippen LogP) is 3.54. The number of aliphatic hydroxyl groups is 1. The lowest BCUT2D eigenvalue weighted by Gasteiger charge is -2.13. The van der Waals surface area contributed by atoms with Gasteiger partial charge in [-0.15, -0.1) is 0 Å². The molecule has 0 saturated heterocycles. The number of fused-ring (bicyclic) bond motifs is 1. The van der Waals surface area contributed by atoms with E-state index >= 15 is 0 Å². The Balaban J connectivity index is 2.22. The van der Waals surface area contributed by atoms with E-state index in [1.807, 2.05) is 47.0 Å². The number of rotatable bonds is 4. The number of hydrogen-bond acceptors (Lipinski definition) is 3. The number of hydrogen-bond donors (Lipinski definition) is 1. The van der Waals surface area contributed by atoms with Gasteiger partial charge in [0.25, 0.3) is 0 Å². The molecule has 0 radical (unpaired) electrons. The van der Waals surface area contributed by atoms with Crippen molar-refractivity contribution in [2.45, 2.75) is 13.5 Å². The summed E-state index contributed by atoms with van der Waals surface area (Å²) in [6.45, 7) is 1.89. The molecule has 1 heterocycles. The lowest BCUT2D eigenvalue weighted by molar-refractivity contribution is -0.112. The van der Waals surface area contributed by atoms with Crippen LogP contribution in [0.2, 0.25) is 0 Å². The van der Waals surface area contributed by atoms with Gasteiger partial charge in [0.1, 0.15) is 5.76 Å². The summed E-state index contributed by atoms with van der Waals surface area (Å²) in [5.74, 6) is -0.616. The van der Waals surface area contributed by atoms with Crippen molar-refractivity contribution >= 4 is 22.4 Å². The molecule has 0 saturated carbocycles. The Bertz CT molecular complexity index is 985. The number of aromatic nitrogens is 1. The molecule has 24 heavy (non-hydrogen) atoms. The van der Waals surface area contributed by atoms with Gasteiger partial charge in [0.15, 0.2) is 11.2 Å². The Morgan fingerprint density at radius 1 is 1.08 bits per heavy atom. The van der Waals surface area contributed by atoms with Crippen LogP contribution in [-0.4, -0.2) is 15.5 Å². The van der Waals surface area contributed by atoms with E-state index in [0.717, 1.165) is 17.2 Å². The number of allylic oxidation sites excluding steroid dienone is 1. The maximum Gasteiger partial charge on any atom is 0.200 e. The molecular weight excluding hydrogens is 302 g/mol. The summed E-state index contributed by atoms with van der Waals surface area (Å²) in [7, 11) is 0. The van der Waals surface area contributed by atoms with Gasteiger partial charge in [0.05, 0.1) is 11.1 Å². The molecule has 3 rings (SSSR count). The van der Waals surface area contributed by atoms with E-state index in [4.69, 9.17) is 0 Å². The SMILES string of the molecule is CC(=O)C=C(O)c1cn(Cc2ccccc2)c2ccccc2c1=O. The van der Waals surface area contributed by atoms with Crippen LogP contribution in [-0.2, 0) is 11.3 Å². The zero-order valence-electron chi connectivity index (χ0n) is 13.3. The van der Waals surface area contributed by atoms with Crippen LogP contribution in [0, 0.1) is 0 Å². The number of para-hydroxylation sites is 1. The molecule has 3 aromatic rings. The summed E-state index contributed by atoms with van der Waals surface area (Å²) < 4.78 is 1.91. The second kappa shape index (κ2) is 6.54. The molecule has 0 atom stereocenters. The average molecular weight is 319 g/mol. The lowest BCUT2D eigenvalue weighted by Crippen LogP contribution is -2.15. The van der Waals surface area contributed by atoms with Crippen molar-refractivity contribution in [2.75, 3.05) is 0 Å². The van der Waals surface area contributed by atoms with Crippen molar-refractivity contribution in [1.29, 1.82) is 0 Å². The minimum absolute atomic E-state index is 0.125. The third-order valence-electron chi connectivity index (χ3n) is 3.80. The van der Waals surface area contributed by atoms with Crippen molar-refractivity contribution in [2.24, 2.45) is 0 Å². The number of carbonyl (C=O) groups is 1. The molecule has 0 aliphatic rings. The molecule has 1 N–H and O–H groups in total. The van der Waals surface area contributed by atoms with Crippen molar-refractivity contribution in [3.63, 3.8) is 0 Å². The highest BCUT2D eigenvalue weighted by molar-refractivity contribution is 5.94. The van der Waals surface area contributed by atoms with Crippen LogP contribution < -0.4 is 5.43 Å². The Morgan fingerprint density at radius 2 is 1.75 bits per heavy atom. The highest BCUT2D eigenvalue weighted by Crippen LogP contribution is 2.17. The zero-order valence-corrected chi connectivity index (χ0v) is 13.3. The molecule has 120 valence electrons. The van der Waals surface area contributed by atoms with Crippen molar-refractivity contribution in [3.8, 4) is 0 Å². The van der Waals surface area contributed by atoms with Crippen LogP contribution in [0.3, 0.4) is 0 Å². The van der Waals surface area contributed by atoms with Crippen LogP contribution in [0.1, 0.15) is 18.1 Å². The molecule has 0 bridgehead atoms. The number of pyridine rings is 1. The second-order valence-corrected chi connectivity index (χ2v) is 5.64. The smallest absolute Gasteiger partial charge is 0.200 e. The largest absolute Gasteiger partial charge is 0.507 e. The second-order valence-electron chi connectivity index (χ2n) is 5.64. The molecule has 0 aliphatic heterocycles. The standard InChI is InChI=1S/C20H17NO3/c1-14(22)11-19(23)17-13-21(12-15-7-3-2-4-8-15)18-10-6-5-9-16(18)20(17)24/h2-11,13,23H,12H2,1H3. The Hall–Kier alpha value is -3.14. The third kappa shape index (κ3) is 3.13. The molecule has 1 aromatic heterocycles. The Labute approximate surface area is 139 Å². The molecule has 0 aliphatic carbocycles. The van der Waals surface area contributed by atoms with Gasteiger partial charge < -0.3 is 9.67 Å². The molecule has 2 aromatic carbocycles. The number of benzene rings is 2. The van der Waals surface area contributed by atoms with E-state index in [-0.39, 0.29) is 22.5 Å². The van der Waals surface area contributed by atoms with E-state index in [1.165, 1.54) is 6.92 Å². The fraction of sp³-hybridized carbons (Fsp3) is 0.100. The molecule has 0 fully saturated rings. The first-order valence-electron chi connectivity index (χ1n) is 7.64. The highest BCUT2D eigenvalue weighted by atomic mass is 16.3. The summed E-state index contributed by atoms with van der Waals surface area (Å²) in [6.07, 6.45) is 2.67. The minimum atomic E-state index is -0.310. The molecule has 4 heteroatoms. The molecular formula is C20H17NO3. The summed E-state index contributed by atoms with van der Waals surface area (Å²) in [5.41, 5.74) is 1.70. The number of ketones is 1. The Kier molecular flexibility index (Phi) is 4.29. The van der Waals surface area contributed by atoms with Crippen LogP contribution in [0.5, 0.6) is 0 Å². The monoisotopic (exact) mass is 319 g/mol. The van der Waals surface area contributed by atoms with Gasteiger partial charge in [-0.05, 0) is 24.6 Å². The lowest BCUT2D eigenvalue weighted by atomic mass is 10.1. The fourth-order valence-corrected chi connectivity index (χ4v) is 2.71. The van der Waals surface area contributed by atoms with Crippen LogP contribution in [0.15, 0.2) is 71.7 Å². The average Bonchev–Trinajstić information content (AvgIpc) is 2.58. The van der Waals surface area contributed by atoms with Gasteiger partial charge in [-0.1, -0.05) is 42.5 Å². The van der Waals surface area contributed by atoms with E-state index < -0.39 is 0 Å². The summed E-state index contributed by atoms with van der Waals surface area (Å²) in [5, 5.41) is 10.7. The quantitative estimate of drug-likeness (QED) is 0.591. The third-order valence-corrected chi connectivity index (χ3v) is 3.80. The van der Waals surface area contributed by atoms with Gasteiger partial charge in [-0.2, -0.15) is 0 Å². The fourth-order valence-electron chi connectivity index (χ4n) is 2.71. The first-order chi connectivity index (χ1) is 11.6.